The van der Waals surface area contributed by atoms with Gasteiger partial charge in [-0.2, -0.15) is 4.98 Å². The van der Waals surface area contributed by atoms with Crippen molar-refractivity contribution in [2.24, 2.45) is 0 Å². The zero-order chi connectivity index (χ0) is 15.5. The molecule has 0 unspecified atom stereocenters. The number of ether oxygens (including phenoxy) is 1. The van der Waals surface area contributed by atoms with Gasteiger partial charge >= 0.3 is 5.97 Å². The van der Waals surface area contributed by atoms with E-state index in [1.54, 1.807) is 13.8 Å². The number of rotatable bonds is 4. The topological polar surface area (TPSA) is 90.1 Å². The summed E-state index contributed by atoms with van der Waals surface area (Å²) < 4.78 is 10.1. The van der Waals surface area contributed by atoms with Crippen LogP contribution in [-0.4, -0.2) is 27.7 Å². The molecule has 3 aromatic rings. The Labute approximate surface area is 126 Å². The third-order valence-corrected chi connectivity index (χ3v) is 3.00. The molecule has 0 bridgehead atoms. The highest BCUT2D eigenvalue weighted by molar-refractivity contribution is 5.94. The fraction of sp³-hybridized carbons (Fsp3) is 0.200. The number of hydrogen-bond acceptors (Lipinski definition) is 7. The first-order chi connectivity index (χ1) is 10.7. The summed E-state index contributed by atoms with van der Waals surface area (Å²) in [7, 11) is 0. The van der Waals surface area contributed by atoms with E-state index >= 15 is 0 Å². The largest absolute Gasteiger partial charge is 0.460 e. The number of nitrogens with one attached hydrogen (secondary N) is 1. The summed E-state index contributed by atoms with van der Waals surface area (Å²) in [6.45, 7) is 3.75. The van der Waals surface area contributed by atoms with Crippen molar-refractivity contribution in [3.05, 3.63) is 41.9 Å². The van der Waals surface area contributed by atoms with Crippen LogP contribution in [0.25, 0.3) is 11.1 Å². The van der Waals surface area contributed by atoms with Gasteiger partial charge in [0.15, 0.2) is 0 Å². The number of hydrogen-bond donors (Lipinski definition) is 1. The van der Waals surface area contributed by atoms with Gasteiger partial charge in [-0.1, -0.05) is 23.4 Å². The predicted octanol–water partition coefficient (Wildman–Crippen LogP) is 2.85. The number of fused-ring (bicyclic) bond motifs is 1. The fourth-order valence-electron chi connectivity index (χ4n) is 2.03. The summed E-state index contributed by atoms with van der Waals surface area (Å²) in [5, 5.41) is 7.66. The monoisotopic (exact) mass is 298 g/mol. The number of aryl methyl sites for hydroxylation is 1. The van der Waals surface area contributed by atoms with Gasteiger partial charge in [0.1, 0.15) is 11.2 Å². The minimum absolute atomic E-state index is 0.0658. The van der Waals surface area contributed by atoms with Gasteiger partial charge in [0.2, 0.25) is 5.82 Å². The second-order valence-electron chi connectivity index (χ2n) is 4.56. The van der Waals surface area contributed by atoms with Crippen LogP contribution in [-0.2, 0) is 4.74 Å². The van der Waals surface area contributed by atoms with Crippen LogP contribution < -0.4 is 5.32 Å². The Morgan fingerprint density at radius 2 is 2.05 bits per heavy atom. The lowest BCUT2D eigenvalue weighted by molar-refractivity contribution is 0.0512. The maximum absolute atomic E-state index is 11.9. The summed E-state index contributed by atoms with van der Waals surface area (Å²) in [4.78, 5) is 20.2. The molecule has 0 aliphatic carbocycles. The normalized spacial score (nSPS) is 10.6. The summed E-state index contributed by atoms with van der Waals surface area (Å²) in [5.41, 5.74) is 1.72. The van der Waals surface area contributed by atoms with E-state index in [4.69, 9.17) is 9.26 Å². The zero-order valence-corrected chi connectivity index (χ0v) is 12.2. The van der Waals surface area contributed by atoms with Crippen molar-refractivity contribution in [3.63, 3.8) is 0 Å². The maximum atomic E-state index is 11.9. The molecule has 1 aromatic carbocycles. The van der Waals surface area contributed by atoms with Crippen LogP contribution >= 0.6 is 0 Å². The molecule has 0 atom stereocenters. The number of para-hydroxylation sites is 1. The minimum atomic E-state index is -0.602. The third-order valence-electron chi connectivity index (χ3n) is 3.00. The highest BCUT2D eigenvalue weighted by atomic mass is 16.5. The first kappa shape index (κ1) is 14.0. The second-order valence-corrected chi connectivity index (χ2v) is 4.56. The molecule has 0 aliphatic rings. The van der Waals surface area contributed by atoms with Gasteiger partial charge in [0, 0.05) is 5.69 Å². The van der Waals surface area contributed by atoms with Crippen molar-refractivity contribution >= 4 is 28.6 Å². The number of carbonyl (C=O) groups excluding carboxylic acids is 1. The Bertz CT molecular complexity index is 814. The van der Waals surface area contributed by atoms with Crippen LogP contribution in [0.5, 0.6) is 0 Å². The highest BCUT2D eigenvalue weighted by Gasteiger charge is 2.19. The fourth-order valence-corrected chi connectivity index (χ4v) is 2.03. The smallest absolute Gasteiger partial charge is 0.376 e. The van der Waals surface area contributed by atoms with Gasteiger partial charge in [0.05, 0.1) is 12.3 Å². The van der Waals surface area contributed by atoms with E-state index in [0.717, 1.165) is 5.69 Å². The minimum Gasteiger partial charge on any atom is -0.460 e. The zero-order valence-electron chi connectivity index (χ0n) is 12.2. The maximum Gasteiger partial charge on any atom is 0.376 e. The van der Waals surface area contributed by atoms with Crippen LogP contribution in [0.2, 0.25) is 0 Å². The Morgan fingerprint density at radius 1 is 1.27 bits per heavy atom. The number of anilines is 2. The molecular formula is C15H14N4O3. The van der Waals surface area contributed by atoms with Gasteiger partial charge < -0.3 is 14.6 Å². The molecule has 112 valence electrons. The molecule has 3 rings (SSSR count). The van der Waals surface area contributed by atoms with Crippen LogP contribution in [0.3, 0.4) is 0 Å². The average molecular weight is 298 g/mol. The Balaban J connectivity index is 2.09. The van der Waals surface area contributed by atoms with Gasteiger partial charge in [-0.15, -0.1) is 0 Å². The van der Waals surface area contributed by atoms with E-state index in [1.165, 1.54) is 0 Å². The van der Waals surface area contributed by atoms with Crippen molar-refractivity contribution in [1.29, 1.82) is 0 Å². The van der Waals surface area contributed by atoms with Crippen molar-refractivity contribution in [1.82, 2.24) is 15.1 Å². The Kier molecular flexibility index (Phi) is 3.69. The molecule has 22 heavy (non-hydrogen) atoms. The molecule has 0 saturated carbocycles. The lowest BCUT2D eigenvalue weighted by atomic mass is 10.2. The molecule has 1 N–H and O–H groups in total. The molecule has 0 amide bonds. The number of carbonyl (C=O) groups is 1. The number of benzene rings is 1. The van der Waals surface area contributed by atoms with Crippen molar-refractivity contribution < 1.29 is 14.1 Å². The number of aromatic nitrogens is 3. The standard InChI is InChI=1S/C15H14N4O3/c1-3-21-15(20)13-17-12(16-10-7-5-4-6-8-10)11-9(2)19-22-14(11)18-13/h4-8H,3H2,1-2H3,(H,16,17,18). The SMILES string of the molecule is CCOC(=O)c1nc(Nc2ccccc2)c2c(C)noc2n1. The quantitative estimate of drug-likeness (QED) is 0.740. The molecule has 2 aromatic heterocycles. The molecule has 0 saturated heterocycles. The lowest BCUT2D eigenvalue weighted by Gasteiger charge is -2.08. The molecule has 7 heteroatoms. The van der Waals surface area contributed by atoms with E-state index in [9.17, 15) is 4.79 Å². The van der Waals surface area contributed by atoms with E-state index in [1.807, 2.05) is 30.3 Å². The first-order valence-electron chi connectivity index (χ1n) is 6.82. The lowest BCUT2D eigenvalue weighted by Crippen LogP contribution is -2.11. The van der Waals surface area contributed by atoms with Crippen LogP contribution in [0, 0.1) is 6.92 Å². The molecule has 2 heterocycles. The predicted molar refractivity (Wildman–Crippen MR) is 80.0 cm³/mol. The second kappa shape index (κ2) is 5.80. The molecule has 0 aliphatic heterocycles. The van der Waals surface area contributed by atoms with Crippen molar-refractivity contribution in [2.45, 2.75) is 13.8 Å². The van der Waals surface area contributed by atoms with E-state index in [0.29, 0.717) is 16.9 Å². The van der Waals surface area contributed by atoms with E-state index < -0.39 is 5.97 Å². The van der Waals surface area contributed by atoms with Gasteiger partial charge in [-0.3, -0.25) is 0 Å². The number of nitrogens with zero attached hydrogens (tertiary/aromatic N) is 3. The highest BCUT2D eigenvalue weighted by Crippen LogP contribution is 2.26. The van der Waals surface area contributed by atoms with Crippen LogP contribution in [0.4, 0.5) is 11.5 Å². The van der Waals surface area contributed by atoms with Gasteiger partial charge in [-0.25, -0.2) is 9.78 Å². The van der Waals surface area contributed by atoms with Gasteiger partial charge in [-0.05, 0) is 26.0 Å². The summed E-state index contributed by atoms with van der Waals surface area (Å²) in [5.74, 6) is -0.212. The summed E-state index contributed by atoms with van der Waals surface area (Å²) in [6.07, 6.45) is 0. The Morgan fingerprint density at radius 3 is 2.77 bits per heavy atom. The molecular weight excluding hydrogens is 284 g/mol. The van der Waals surface area contributed by atoms with Crippen LogP contribution in [0.15, 0.2) is 34.9 Å². The Hall–Kier alpha value is -2.96. The summed E-state index contributed by atoms with van der Waals surface area (Å²) in [6, 6.07) is 9.48. The van der Waals surface area contributed by atoms with Gasteiger partial charge in [0.25, 0.3) is 5.71 Å². The molecule has 0 radical (unpaired) electrons. The van der Waals surface area contributed by atoms with E-state index in [2.05, 4.69) is 20.4 Å². The third kappa shape index (κ3) is 2.60. The average Bonchev–Trinajstić information content (AvgIpc) is 2.90. The summed E-state index contributed by atoms with van der Waals surface area (Å²) >= 11 is 0. The van der Waals surface area contributed by atoms with Crippen molar-refractivity contribution in [2.75, 3.05) is 11.9 Å². The van der Waals surface area contributed by atoms with E-state index in [-0.39, 0.29) is 18.1 Å². The van der Waals surface area contributed by atoms with Crippen molar-refractivity contribution in [3.8, 4) is 0 Å². The van der Waals surface area contributed by atoms with Crippen LogP contribution in [0.1, 0.15) is 23.2 Å². The molecule has 0 fully saturated rings. The molecule has 7 nitrogen and oxygen atoms in total. The molecule has 0 spiro atoms. The number of esters is 1. The first-order valence-corrected chi connectivity index (χ1v) is 6.82.